The van der Waals surface area contributed by atoms with E-state index in [0.29, 0.717) is 68.5 Å². The molecule has 0 saturated carbocycles. The zero-order chi connectivity index (χ0) is 31.4. The Kier molecular flexibility index (Phi) is 9.21. The van der Waals surface area contributed by atoms with E-state index in [0.717, 1.165) is 4.90 Å². The normalized spacial score (nSPS) is 14.2. The molecule has 5 rings (SSSR count). The maximum Gasteiger partial charge on any atom is 0.407 e. The number of aromatic nitrogens is 4. The Morgan fingerprint density at radius 3 is 2.07 bits per heavy atom. The predicted molar refractivity (Wildman–Crippen MR) is 162 cm³/mol. The molecule has 2 amide bonds. The molecule has 1 fully saturated rings. The molecule has 2 aromatic carbocycles. The number of hydrogen-bond acceptors (Lipinski definition) is 9. The van der Waals surface area contributed by atoms with E-state index in [9.17, 15) is 19.5 Å². The summed E-state index contributed by atoms with van der Waals surface area (Å²) in [4.78, 5) is 53.5. The summed E-state index contributed by atoms with van der Waals surface area (Å²) in [5.41, 5.74) is 3.51. The number of rotatable bonds is 10. The fourth-order valence-electron chi connectivity index (χ4n) is 4.89. The van der Waals surface area contributed by atoms with Crippen LogP contribution in [0.1, 0.15) is 29.0 Å². The molecule has 226 valence electrons. The number of carboxylic acid groups (broad SMARTS) is 1. The van der Waals surface area contributed by atoms with Crippen molar-refractivity contribution in [1.29, 1.82) is 0 Å². The van der Waals surface area contributed by atoms with Gasteiger partial charge in [-0.1, -0.05) is 59.6 Å². The molecule has 2 N–H and O–H groups in total. The molecular weight excluding hydrogens is 611 g/mol. The Balaban J connectivity index is 1.46. The summed E-state index contributed by atoms with van der Waals surface area (Å²) >= 11 is 13.8. The Bertz CT molecular complexity index is 1750. The van der Waals surface area contributed by atoms with E-state index in [1.807, 2.05) is 12.1 Å². The minimum absolute atomic E-state index is 0.0693. The first-order valence-corrected chi connectivity index (χ1v) is 14.1. The van der Waals surface area contributed by atoms with Crippen molar-refractivity contribution in [3.63, 3.8) is 0 Å². The maximum atomic E-state index is 11.9. The van der Waals surface area contributed by atoms with Gasteiger partial charge >= 0.3 is 6.09 Å². The van der Waals surface area contributed by atoms with Crippen LogP contribution in [0.15, 0.2) is 48.8 Å². The van der Waals surface area contributed by atoms with Gasteiger partial charge in [0, 0.05) is 41.3 Å². The van der Waals surface area contributed by atoms with Crippen molar-refractivity contribution in [3.05, 3.63) is 70.2 Å². The molecule has 1 aliphatic rings. The van der Waals surface area contributed by atoms with Crippen LogP contribution in [-0.4, -0.2) is 75.0 Å². The molecule has 44 heavy (non-hydrogen) atoms. The second kappa shape index (κ2) is 13.2. The van der Waals surface area contributed by atoms with Gasteiger partial charge in [-0.25, -0.2) is 19.7 Å². The van der Waals surface area contributed by atoms with E-state index in [1.54, 1.807) is 24.3 Å². The Labute approximate surface area is 262 Å². The van der Waals surface area contributed by atoms with Crippen LogP contribution in [0, 0.1) is 0 Å². The highest BCUT2D eigenvalue weighted by molar-refractivity contribution is 6.39. The lowest BCUT2D eigenvalue weighted by atomic mass is 9.98. The van der Waals surface area contributed by atoms with Gasteiger partial charge in [-0.2, -0.15) is 0 Å². The number of hydrogen-bond donors (Lipinski definition) is 2. The third kappa shape index (κ3) is 6.26. The monoisotopic (exact) mass is 636 g/mol. The van der Waals surface area contributed by atoms with Crippen molar-refractivity contribution < 1.29 is 29.0 Å². The Morgan fingerprint density at radius 1 is 0.977 bits per heavy atom. The van der Waals surface area contributed by atoms with Crippen molar-refractivity contribution in [2.75, 3.05) is 20.8 Å². The minimum Gasteiger partial charge on any atom is -0.480 e. The second-order valence-corrected chi connectivity index (χ2v) is 10.5. The topological polar surface area (TPSA) is 157 Å². The smallest absolute Gasteiger partial charge is 0.407 e. The Hall–Kier alpha value is -4.81. The first-order chi connectivity index (χ1) is 21.2. The van der Waals surface area contributed by atoms with Gasteiger partial charge in [-0.15, -0.1) is 0 Å². The van der Waals surface area contributed by atoms with Crippen molar-refractivity contribution in [2.45, 2.75) is 25.4 Å². The molecule has 0 spiro atoms. The molecular formula is C30H26Cl2N6O6. The van der Waals surface area contributed by atoms with Gasteiger partial charge in [0.05, 0.1) is 54.6 Å². The van der Waals surface area contributed by atoms with Gasteiger partial charge in [0.2, 0.25) is 17.7 Å². The summed E-state index contributed by atoms with van der Waals surface area (Å²) in [7, 11) is 2.82. The molecule has 3 heterocycles. The first-order valence-electron chi connectivity index (χ1n) is 13.4. The molecule has 0 bridgehead atoms. The molecule has 0 aliphatic carbocycles. The predicted octanol–water partition coefficient (Wildman–Crippen LogP) is 5.16. The molecule has 0 unspecified atom stereocenters. The number of nitrogens with one attached hydrogen (secondary N) is 1. The quantitative estimate of drug-likeness (QED) is 0.223. The number of nitrogens with zero attached hydrogens (tertiary/aromatic N) is 5. The van der Waals surface area contributed by atoms with E-state index < -0.39 is 6.09 Å². The molecule has 1 atom stereocenters. The van der Waals surface area contributed by atoms with Crippen LogP contribution in [0.25, 0.3) is 33.6 Å². The van der Waals surface area contributed by atoms with Gasteiger partial charge in [-0.05, 0) is 6.42 Å². The highest BCUT2D eigenvalue weighted by atomic mass is 35.5. The van der Waals surface area contributed by atoms with E-state index >= 15 is 0 Å². The number of amides is 2. The molecule has 1 aliphatic heterocycles. The number of carbonyl (C=O) groups excluding carboxylic acids is 2. The second-order valence-electron chi connectivity index (χ2n) is 9.78. The SMILES string of the molecule is COc1nc(-c2cccc(-c3cccc(-c4cnc(CN(C[C@@H]5CCC(=O)N5)C(=O)O)c(OC)n4)c3Cl)c2Cl)cnc1C=O. The summed E-state index contributed by atoms with van der Waals surface area (Å²) in [5.74, 6) is 0.111. The van der Waals surface area contributed by atoms with Gasteiger partial charge in [0.15, 0.2) is 12.0 Å². The lowest BCUT2D eigenvalue weighted by Crippen LogP contribution is -2.41. The van der Waals surface area contributed by atoms with Gasteiger partial charge in [0.25, 0.3) is 0 Å². The van der Waals surface area contributed by atoms with E-state index in [4.69, 9.17) is 32.7 Å². The zero-order valence-corrected chi connectivity index (χ0v) is 25.1. The summed E-state index contributed by atoms with van der Waals surface area (Å²) in [6.07, 6.45) is 3.26. The summed E-state index contributed by atoms with van der Waals surface area (Å²) in [6, 6.07) is 10.5. The molecule has 14 heteroatoms. The molecule has 4 aromatic rings. The number of benzene rings is 2. The van der Waals surface area contributed by atoms with Crippen LogP contribution in [0.3, 0.4) is 0 Å². The van der Waals surface area contributed by atoms with Crippen molar-refractivity contribution in [2.24, 2.45) is 0 Å². The fraction of sp³-hybridized carbons (Fsp3) is 0.233. The highest BCUT2D eigenvalue weighted by Gasteiger charge is 2.27. The number of aldehydes is 1. The van der Waals surface area contributed by atoms with Crippen LogP contribution in [0.5, 0.6) is 11.8 Å². The van der Waals surface area contributed by atoms with Crippen LogP contribution < -0.4 is 14.8 Å². The van der Waals surface area contributed by atoms with E-state index in [-0.39, 0.29) is 42.5 Å². The fourth-order valence-corrected chi connectivity index (χ4v) is 5.54. The summed E-state index contributed by atoms with van der Waals surface area (Å²) < 4.78 is 10.7. The number of methoxy groups -OCH3 is 2. The lowest BCUT2D eigenvalue weighted by Gasteiger charge is -2.23. The third-order valence-corrected chi connectivity index (χ3v) is 7.87. The van der Waals surface area contributed by atoms with E-state index in [2.05, 4.69) is 25.3 Å². The maximum absolute atomic E-state index is 11.9. The average molecular weight is 637 g/mol. The lowest BCUT2D eigenvalue weighted by molar-refractivity contribution is -0.119. The third-order valence-electron chi connectivity index (χ3n) is 7.05. The average Bonchev–Trinajstić information content (AvgIpc) is 3.45. The van der Waals surface area contributed by atoms with Gasteiger partial charge in [-0.3, -0.25) is 14.6 Å². The van der Waals surface area contributed by atoms with Crippen LogP contribution in [0.2, 0.25) is 10.0 Å². The standard InChI is InChI=1S/C30H26Cl2N6O6/c1-43-28-23(14-38(30(41)42)13-16-9-10-25(40)35-16)33-11-21(36-28)19-7-3-5-17(26(19)31)18-6-4-8-20(27(18)32)22-12-34-24(15-39)29(37-22)44-2/h3-8,11-12,15-16H,9-10,13-14H2,1-2H3,(H,35,40)(H,41,42)/t16-/m0/s1. The van der Waals surface area contributed by atoms with Crippen molar-refractivity contribution in [1.82, 2.24) is 30.2 Å². The van der Waals surface area contributed by atoms with E-state index in [1.165, 1.54) is 26.6 Å². The van der Waals surface area contributed by atoms with Crippen LogP contribution in [0.4, 0.5) is 4.79 Å². The Morgan fingerprint density at radius 2 is 1.55 bits per heavy atom. The molecule has 12 nitrogen and oxygen atoms in total. The zero-order valence-electron chi connectivity index (χ0n) is 23.6. The van der Waals surface area contributed by atoms with Crippen LogP contribution in [-0.2, 0) is 11.3 Å². The minimum atomic E-state index is -1.15. The molecule has 0 radical (unpaired) electrons. The van der Waals surface area contributed by atoms with Gasteiger partial charge < -0.3 is 24.8 Å². The summed E-state index contributed by atoms with van der Waals surface area (Å²) in [6.45, 7) is 0.0246. The van der Waals surface area contributed by atoms with Crippen molar-refractivity contribution in [3.8, 4) is 45.4 Å². The number of ether oxygens (including phenoxy) is 2. The molecule has 1 saturated heterocycles. The summed E-state index contributed by atoms with van der Waals surface area (Å²) in [5, 5.41) is 13.2. The number of carbonyl (C=O) groups is 3. The van der Waals surface area contributed by atoms with Crippen LogP contribution >= 0.6 is 23.2 Å². The number of halogens is 2. The largest absolute Gasteiger partial charge is 0.480 e. The molecule has 2 aromatic heterocycles. The highest BCUT2D eigenvalue weighted by Crippen LogP contribution is 2.42. The van der Waals surface area contributed by atoms with Crippen molar-refractivity contribution >= 4 is 41.5 Å². The first kappa shape index (κ1) is 30.6. The van der Waals surface area contributed by atoms with Gasteiger partial charge in [0.1, 0.15) is 5.69 Å².